The third-order valence-electron chi connectivity index (χ3n) is 1.95. The van der Waals surface area contributed by atoms with E-state index in [-0.39, 0.29) is 4.90 Å². The van der Waals surface area contributed by atoms with Crippen molar-refractivity contribution in [2.45, 2.75) is 4.90 Å². The first-order valence-electron chi connectivity index (χ1n) is 4.52. The molecule has 0 saturated carbocycles. The van der Waals surface area contributed by atoms with E-state index in [9.17, 15) is 12.8 Å². The van der Waals surface area contributed by atoms with Crippen LogP contribution in [0.2, 0.25) is 0 Å². The number of hydrogen-bond donors (Lipinski definition) is 0. The smallest absolute Gasteiger partial charge is 0.207 e. The third-order valence-corrected chi connectivity index (χ3v) is 3.75. The van der Waals surface area contributed by atoms with Crippen LogP contribution in [0.15, 0.2) is 29.2 Å². The molecule has 0 spiro atoms. The minimum absolute atomic E-state index is 0.149. The lowest BCUT2D eigenvalue weighted by molar-refractivity contribution is 0.479. The molecular formula is C10H8FN3O2S. The van der Waals surface area contributed by atoms with Crippen LogP contribution < -0.4 is 0 Å². The summed E-state index contributed by atoms with van der Waals surface area (Å²) < 4.78 is 37.2. The van der Waals surface area contributed by atoms with E-state index < -0.39 is 28.9 Å². The molecule has 0 radical (unpaired) electrons. The van der Waals surface area contributed by atoms with E-state index in [1.54, 1.807) is 12.1 Å². The van der Waals surface area contributed by atoms with Crippen molar-refractivity contribution in [2.75, 3.05) is 13.1 Å². The molecule has 0 aromatic heterocycles. The zero-order valence-corrected chi connectivity index (χ0v) is 9.48. The molecular weight excluding hydrogens is 245 g/mol. The molecule has 0 aliphatic rings. The second-order valence-corrected chi connectivity index (χ2v) is 4.98. The highest BCUT2D eigenvalue weighted by Gasteiger charge is 2.23. The summed E-state index contributed by atoms with van der Waals surface area (Å²) in [6.07, 6.45) is 0. The predicted molar refractivity (Wildman–Crippen MR) is 56.4 cm³/mol. The zero-order chi connectivity index (χ0) is 12.9. The van der Waals surface area contributed by atoms with Crippen molar-refractivity contribution in [1.29, 1.82) is 10.5 Å². The topological polar surface area (TPSA) is 85.0 Å². The first-order chi connectivity index (χ1) is 8.02. The summed E-state index contributed by atoms with van der Waals surface area (Å²) >= 11 is 0. The van der Waals surface area contributed by atoms with Gasteiger partial charge in [0.25, 0.3) is 0 Å². The molecule has 0 fully saturated rings. The molecule has 88 valence electrons. The van der Waals surface area contributed by atoms with Gasteiger partial charge in [-0.05, 0) is 24.3 Å². The Bertz CT molecular complexity index is 553. The van der Waals surface area contributed by atoms with Crippen molar-refractivity contribution < 1.29 is 12.8 Å². The second kappa shape index (κ2) is 5.39. The van der Waals surface area contributed by atoms with Gasteiger partial charge in [-0.3, -0.25) is 0 Å². The van der Waals surface area contributed by atoms with E-state index in [4.69, 9.17) is 10.5 Å². The van der Waals surface area contributed by atoms with Gasteiger partial charge in [-0.2, -0.15) is 14.8 Å². The van der Waals surface area contributed by atoms with Crippen molar-refractivity contribution >= 4 is 10.0 Å². The Hall–Kier alpha value is -1.96. The summed E-state index contributed by atoms with van der Waals surface area (Å²) in [5.41, 5.74) is 0. The lowest BCUT2D eigenvalue weighted by Gasteiger charge is -2.15. The lowest BCUT2D eigenvalue weighted by Crippen LogP contribution is -2.31. The van der Waals surface area contributed by atoms with Crippen molar-refractivity contribution in [2.24, 2.45) is 0 Å². The van der Waals surface area contributed by atoms with Gasteiger partial charge >= 0.3 is 0 Å². The molecule has 0 N–H and O–H groups in total. The van der Waals surface area contributed by atoms with E-state index in [1.807, 2.05) is 0 Å². The van der Waals surface area contributed by atoms with Crippen LogP contribution in [-0.2, 0) is 10.0 Å². The van der Waals surface area contributed by atoms with Gasteiger partial charge in [0.15, 0.2) is 0 Å². The van der Waals surface area contributed by atoms with Gasteiger partial charge < -0.3 is 0 Å². The number of nitrogens with zero attached hydrogens (tertiary/aromatic N) is 3. The summed E-state index contributed by atoms with van der Waals surface area (Å²) in [6, 6.07) is 7.51. The molecule has 0 saturated heterocycles. The van der Waals surface area contributed by atoms with Crippen LogP contribution in [0.3, 0.4) is 0 Å². The third kappa shape index (κ3) is 3.00. The first kappa shape index (κ1) is 13.1. The summed E-state index contributed by atoms with van der Waals surface area (Å²) in [6.45, 7) is -0.847. The molecule has 0 bridgehead atoms. The Balaban J connectivity index is 3.13. The molecule has 0 aliphatic carbocycles. The van der Waals surface area contributed by atoms with Crippen LogP contribution in [0.5, 0.6) is 0 Å². The fraction of sp³-hybridized carbons (Fsp3) is 0.200. The van der Waals surface area contributed by atoms with Gasteiger partial charge in [0.05, 0.1) is 17.0 Å². The van der Waals surface area contributed by atoms with Crippen LogP contribution in [-0.4, -0.2) is 25.8 Å². The number of nitriles is 2. The minimum atomic E-state index is -3.92. The Kier molecular flexibility index (Phi) is 4.16. The molecule has 1 aromatic rings. The summed E-state index contributed by atoms with van der Waals surface area (Å²) in [5.74, 6) is -0.559. The van der Waals surface area contributed by atoms with Crippen LogP contribution in [0, 0.1) is 28.5 Å². The lowest BCUT2D eigenvalue weighted by atomic mass is 10.4. The van der Waals surface area contributed by atoms with E-state index in [2.05, 4.69) is 0 Å². The first-order valence-corrected chi connectivity index (χ1v) is 5.96. The van der Waals surface area contributed by atoms with Gasteiger partial charge in [0.2, 0.25) is 10.0 Å². The number of hydrogen-bond acceptors (Lipinski definition) is 4. The van der Waals surface area contributed by atoms with Gasteiger partial charge in [0, 0.05) is 0 Å². The minimum Gasteiger partial charge on any atom is -0.207 e. The number of sulfonamides is 1. The number of halogens is 1. The Morgan fingerprint density at radius 2 is 1.59 bits per heavy atom. The van der Waals surface area contributed by atoms with Gasteiger partial charge in [-0.25, -0.2) is 12.8 Å². The maximum absolute atomic E-state index is 12.7. The second-order valence-electron chi connectivity index (χ2n) is 3.04. The molecule has 0 amide bonds. The monoisotopic (exact) mass is 253 g/mol. The molecule has 1 rings (SSSR count). The maximum Gasteiger partial charge on any atom is 0.244 e. The zero-order valence-electron chi connectivity index (χ0n) is 8.67. The Morgan fingerprint density at radius 1 is 1.12 bits per heavy atom. The van der Waals surface area contributed by atoms with Crippen LogP contribution in [0.4, 0.5) is 4.39 Å². The Morgan fingerprint density at radius 3 is 2.00 bits per heavy atom. The van der Waals surface area contributed by atoms with Gasteiger partial charge in [-0.15, -0.1) is 0 Å². The quantitative estimate of drug-likeness (QED) is 0.745. The fourth-order valence-electron chi connectivity index (χ4n) is 1.14. The van der Waals surface area contributed by atoms with Crippen LogP contribution in [0.25, 0.3) is 0 Å². The molecule has 1 aromatic carbocycles. The standard InChI is InChI=1S/C10H8FN3O2S/c11-9-1-3-10(4-2-9)17(15,16)14(7-5-12)8-6-13/h1-4H,7-8H2. The number of rotatable bonds is 4. The van der Waals surface area contributed by atoms with Gasteiger partial charge in [0.1, 0.15) is 18.9 Å². The highest BCUT2D eigenvalue weighted by Crippen LogP contribution is 2.15. The average molecular weight is 253 g/mol. The van der Waals surface area contributed by atoms with Crippen molar-refractivity contribution in [3.63, 3.8) is 0 Å². The fourth-order valence-corrected chi connectivity index (χ4v) is 2.37. The molecule has 0 atom stereocenters. The predicted octanol–water partition coefficient (Wildman–Crippen LogP) is 0.864. The molecule has 7 heteroatoms. The summed E-state index contributed by atoms with van der Waals surface area (Å²) in [5, 5.41) is 17.0. The molecule has 0 unspecified atom stereocenters. The molecule has 0 aliphatic heterocycles. The van der Waals surface area contributed by atoms with Crippen molar-refractivity contribution in [3.8, 4) is 12.1 Å². The van der Waals surface area contributed by atoms with E-state index >= 15 is 0 Å². The number of benzene rings is 1. The highest BCUT2D eigenvalue weighted by atomic mass is 32.2. The highest BCUT2D eigenvalue weighted by molar-refractivity contribution is 7.89. The van der Waals surface area contributed by atoms with E-state index in [0.29, 0.717) is 0 Å². The SMILES string of the molecule is N#CCN(CC#N)S(=O)(=O)c1ccc(F)cc1. The molecule has 0 heterocycles. The largest absolute Gasteiger partial charge is 0.244 e. The normalized spacial score (nSPS) is 10.8. The molecule has 5 nitrogen and oxygen atoms in total. The van der Waals surface area contributed by atoms with Crippen molar-refractivity contribution in [3.05, 3.63) is 30.1 Å². The van der Waals surface area contributed by atoms with Crippen LogP contribution in [0.1, 0.15) is 0 Å². The molecule has 17 heavy (non-hydrogen) atoms. The maximum atomic E-state index is 12.7. The van der Waals surface area contributed by atoms with Crippen LogP contribution >= 0.6 is 0 Å². The van der Waals surface area contributed by atoms with E-state index in [1.165, 1.54) is 0 Å². The Labute approximate surface area is 98.4 Å². The summed E-state index contributed by atoms with van der Waals surface area (Å²) in [7, 11) is -3.92. The van der Waals surface area contributed by atoms with E-state index in [0.717, 1.165) is 28.6 Å². The summed E-state index contributed by atoms with van der Waals surface area (Å²) in [4.78, 5) is -0.149. The van der Waals surface area contributed by atoms with Crippen molar-refractivity contribution in [1.82, 2.24) is 4.31 Å². The average Bonchev–Trinajstić information content (AvgIpc) is 2.29. The van der Waals surface area contributed by atoms with Gasteiger partial charge in [-0.1, -0.05) is 0 Å².